The van der Waals surface area contributed by atoms with Gasteiger partial charge in [0, 0.05) is 47.1 Å². The Morgan fingerprint density at radius 1 is 1.07 bits per heavy atom. The molecule has 0 amide bonds. The largest absolute Gasteiger partial charge is 0.477 e. The van der Waals surface area contributed by atoms with E-state index in [-0.39, 0.29) is 0 Å². The van der Waals surface area contributed by atoms with E-state index in [1.165, 1.54) is 5.56 Å². The lowest BCUT2D eigenvalue weighted by Gasteiger charge is -2.11. The minimum atomic E-state index is 0.466. The fourth-order valence-corrected chi connectivity index (χ4v) is 3.42. The van der Waals surface area contributed by atoms with E-state index in [4.69, 9.17) is 4.74 Å². The Kier molecular flexibility index (Phi) is 4.00. The van der Waals surface area contributed by atoms with Crippen molar-refractivity contribution in [2.75, 3.05) is 6.61 Å². The van der Waals surface area contributed by atoms with Gasteiger partial charge in [-0.2, -0.15) is 10.1 Å². The topological polar surface area (TPSA) is 89.5 Å². The zero-order valence-corrected chi connectivity index (χ0v) is 15.8. The summed E-state index contributed by atoms with van der Waals surface area (Å²) < 4.78 is 6.14. The highest BCUT2D eigenvalue weighted by Gasteiger charge is 2.40. The van der Waals surface area contributed by atoms with Crippen molar-refractivity contribution >= 4 is 11.0 Å². The molecule has 0 saturated heterocycles. The monoisotopic (exact) mass is 372 g/mol. The number of ether oxygens (including phenoxy) is 1. The predicted octanol–water partition coefficient (Wildman–Crippen LogP) is 3.61. The average molecular weight is 372 g/mol. The van der Waals surface area contributed by atoms with Gasteiger partial charge in [0.15, 0.2) is 5.65 Å². The number of aromatic amines is 1. The number of hydrogen-bond donors (Lipinski definition) is 1. The lowest BCUT2D eigenvalue weighted by Crippen LogP contribution is -2.05. The van der Waals surface area contributed by atoms with Crippen LogP contribution in [0, 0.1) is 19.8 Å². The number of rotatable bonds is 5. The normalized spacial score (nSPS) is 18.4. The highest BCUT2D eigenvalue weighted by molar-refractivity contribution is 5.81. The molecular weight excluding hydrogens is 352 g/mol. The summed E-state index contributed by atoms with van der Waals surface area (Å²) in [6, 6.07) is 6.25. The van der Waals surface area contributed by atoms with Crippen LogP contribution in [0.2, 0.25) is 0 Å². The molecule has 1 N–H and O–H groups in total. The van der Waals surface area contributed by atoms with E-state index < -0.39 is 0 Å². The number of aromatic nitrogens is 6. The maximum atomic E-state index is 6.14. The maximum absolute atomic E-state index is 6.14. The molecule has 28 heavy (non-hydrogen) atoms. The molecule has 1 fully saturated rings. The van der Waals surface area contributed by atoms with E-state index in [1.807, 2.05) is 19.2 Å². The third kappa shape index (κ3) is 3.19. The first-order valence-corrected chi connectivity index (χ1v) is 9.36. The number of hydrogen-bond acceptors (Lipinski definition) is 6. The van der Waals surface area contributed by atoms with Crippen LogP contribution in [-0.2, 0) is 0 Å². The smallest absolute Gasteiger partial charge is 0.224 e. The molecule has 2 unspecified atom stereocenters. The molecule has 0 aromatic carbocycles. The van der Waals surface area contributed by atoms with Crippen LogP contribution >= 0.6 is 0 Å². The van der Waals surface area contributed by atoms with Crippen LogP contribution in [0.3, 0.4) is 0 Å². The van der Waals surface area contributed by atoms with E-state index in [2.05, 4.69) is 49.2 Å². The first-order chi connectivity index (χ1) is 13.7. The predicted molar refractivity (Wildman–Crippen MR) is 105 cm³/mol. The summed E-state index contributed by atoms with van der Waals surface area (Å²) >= 11 is 0. The first-order valence-electron chi connectivity index (χ1n) is 9.36. The Morgan fingerprint density at radius 3 is 2.86 bits per heavy atom. The first kappa shape index (κ1) is 16.8. The van der Waals surface area contributed by atoms with Crippen molar-refractivity contribution in [2.24, 2.45) is 5.92 Å². The van der Waals surface area contributed by atoms with Gasteiger partial charge in [0.1, 0.15) is 5.82 Å². The lowest BCUT2D eigenvalue weighted by molar-refractivity contribution is 0.285. The summed E-state index contributed by atoms with van der Waals surface area (Å²) in [7, 11) is 0. The Morgan fingerprint density at radius 2 is 2.00 bits per heavy atom. The summed E-state index contributed by atoms with van der Waals surface area (Å²) in [4.78, 5) is 17.8. The van der Waals surface area contributed by atoms with Crippen molar-refractivity contribution in [3.05, 3.63) is 60.1 Å². The van der Waals surface area contributed by atoms with Gasteiger partial charge in [-0.15, -0.1) is 0 Å². The highest BCUT2D eigenvalue weighted by atomic mass is 16.5. The Balaban J connectivity index is 1.35. The summed E-state index contributed by atoms with van der Waals surface area (Å²) in [6.07, 6.45) is 8.36. The second kappa shape index (κ2) is 6.67. The third-order valence-corrected chi connectivity index (χ3v) is 5.15. The van der Waals surface area contributed by atoms with E-state index in [0.717, 1.165) is 34.3 Å². The fraction of sp³-hybridized carbons (Fsp3) is 0.286. The minimum absolute atomic E-state index is 0.466. The van der Waals surface area contributed by atoms with Crippen LogP contribution in [0.25, 0.3) is 22.2 Å². The van der Waals surface area contributed by atoms with Gasteiger partial charge < -0.3 is 4.74 Å². The van der Waals surface area contributed by atoms with Crippen LogP contribution in [0.4, 0.5) is 0 Å². The zero-order valence-electron chi connectivity index (χ0n) is 15.8. The summed E-state index contributed by atoms with van der Waals surface area (Å²) in [6.45, 7) is 4.54. The molecule has 0 bridgehead atoms. The van der Waals surface area contributed by atoms with Gasteiger partial charge in [0.2, 0.25) is 5.88 Å². The number of nitrogens with one attached hydrogen (secondary N) is 1. The molecule has 1 aliphatic carbocycles. The van der Waals surface area contributed by atoms with Crippen LogP contribution in [0.1, 0.15) is 29.4 Å². The van der Waals surface area contributed by atoms with Crippen LogP contribution < -0.4 is 4.74 Å². The van der Waals surface area contributed by atoms with Gasteiger partial charge in [-0.3, -0.25) is 10.1 Å². The SMILES string of the molecule is Cc1ccc(C2CC2COc2nc(C)ncc2-c2cnc3[nH]ncc3c2)nc1. The van der Waals surface area contributed by atoms with Crippen LogP contribution in [-0.4, -0.2) is 36.7 Å². The number of fused-ring (bicyclic) bond motifs is 1. The van der Waals surface area contributed by atoms with Crippen molar-refractivity contribution < 1.29 is 4.74 Å². The fourth-order valence-electron chi connectivity index (χ4n) is 3.42. The van der Waals surface area contributed by atoms with Crippen molar-refractivity contribution in [3.8, 4) is 17.0 Å². The number of H-pyrrole nitrogens is 1. The quantitative estimate of drug-likeness (QED) is 0.576. The second-order valence-corrected chi connectivity index (χ2v) is 7.34. The molecule has 7 heteroatoms. The molecule has 4 aromatic rings. The molecular formula is C21H20N6O. The molecule has 140 valence electrons. The Bertz CT molecular complexity index is 1140. The summed E-state index contributed by atoms with van der Waals surface area (Å²) in [5.74, 6) is 2.21. The van der Waals surface area contributed by atoms with Crippen molar-refractivity contribution in [3.63, 3.8) is 0 Å². The van der Waals surface area contributed by atoms with Crippen LogP contribution in [0.5, 0.6) is 5.88 Å². The number of nitrogens with zero attached hydrogens (tertiary/aromatic N) is 5. The number of pyridine rings is 2. The summed E-state index contributed by atoms with van der Waals surface area (Å²) in [5.41, 5.74) is 4.84. The lowest BCUT2D eigenvalue weighted by atomic mass is 10.1. The van der Waals surface area contributed by atoms with E-state index in [9.17, 15) is 0 Å². The molecule has 1 saturated carbocycles. The van der Waals surface area contributed by atoms with E-state index in [1.54, 1.807) is 18.6 Å². The Labute approximate surface area is 162 Å². The van der Waals surface area contributed by atoms with Gasteiger partial charge >= 0.3 is 0 Å². The molecule has 4 aromatic heterocycles. The highest BCUT2D eigenvalue weighted by Crippen LogP contribution is 2.47. The van der Waals surface area contributed by atoms with Gasteiger partial charge in [0.05, 0.1) is 18.4 Å². The molecule has 0 aliphatic heterocycles. The van der Waals surface area contributed by atoms with Crippen molar-refractivity contribution in [1.82, 2.24) is 30.1 Å². The van der Waals surface area contributed by atoms with Gasteiger partial charge in [-0.25, -0.2) is 9.97 Å². The van der Waals surface area contributed by atoms with Crippen molar-refractivity contribution in [1.29, 1.82) is 0 Å². The van der Waals surface area contributed by atoms with E-state index in [0.29, 0.717) is 30.1 Å². The molecule has 2 atom stereocenters. The molecule has 7 nitrogen and oxygen atoms in total. The Hall–Kier alpha value is -3.35. The van der Waals surface area contributed by atoms with Crippen molar-refractivity contribution in [2.45, 2.75) is 26.2 Å². The molecule has 5 rings (SSSR count). The molecule has 0 spiro atoms. The molecule has 0 radical (unpaired) electrons. The van der Waals surface area contributed by atoms with Gasteiger partial charge in [-0.1, -0.05) is 6.07 Å². The van der Waals surface area contributed by atoms with Gasteiger partial charge in [-0.05, 0) is 38.0 Å². The minimum Gasteiger partial charge on any atom is -0.477 e. The van der Waals surface area contributed by atoms with E-state index >= 15 is 0 Å². The second-order valence-electron chi connectivity index (χ2n) is 7.34. The maximum Gasteiger partial charge on any atom is 0.224 e. The summed E-state index contributed by atoms with van der Waals surface area (Å²) in [5, 5.41) is 7.83. The van der Waals surface area contributed by atoms with Gasteiger partial charge in [0.25, 0.3) is 0 Å². The third-order valence-electron chi connectivity index (χ3n) is 5.15. The number of aryl methyl sites for hydroxylation is 2. The zero-order chi connectivity index (χ0) is 19.1. The molecule has 1 aliphatic rings. The molecule has 4 heterocycles. The van der Waals surface area contributed by atoms with Crippen LogP contribution in [0.15, 0.2) is 43.0 Å². The average Bonchev–Trinajstić information content (AvgIpc) is 3.32. The standard InChI is InChI=1S/C21H20N6O/c1-12-3-4-19(23-7-12)17-6-16(17)11-28-21-18(10-22-13(2)26-21)14-5-15-9-25-27-20(15)24-8-14/h3-5,7-10,16-17H,6,11H2,1-2H3,(H,24,25,27).